The van der Waals surface area contributed by atoms with Crippen molar-refractivity contribution in [3.05, 3.63) is 47.4 Å². The first-order chi connectivity index (χ1) is 9.38. The first-order valence-corrected chi connectivity index (χ1v) is 5.35. The highest BCUT2D eigenvalue weighted by atomic mass is 19.2. The third kappa shape index (κ3) is 2.63. The number of aromatic nitrogens is 1. The van der Waals surface area contributed by atoms with Crippen LogP contribution in [0.2, 0.25) is 0 Å². The molecule has 0 aliphatic carbocycles. The molecule has 1 aromatic carbocycles. The number of nitrogens with two attached hydrogens (primary N) is 2. The molecule has 20 heavy (non-hydrogen) atoms. The van der Waals surface area contributed by atoms with Gasteiger partial charge in [-0.25, -0.2) is 18.2 Å². The van der Waals surface area contributed by atoms with Gasteiger partial charge in [0.2, 0.25) is 0 Å². The number of anilines is 3. The van der Waals surface area contributed by atoms with E-state index in [1.807, 2.05) is 0 Å². The topological polar surface area (TPSA) is 94.0 Å². The smallest absolute Gasteiger partial charge is 0.250 e. The van der Waals surface area contributed by atoms with E-state index in [-0.39, 0.29) is 22.8 Å². The van der Waals surface area contributed by atoms with Crippen LogP contribution in [0.15, 0.2) is 24.4 Å². The number of nitrogen functional groups attached to an aromatic ring is 1. The average molecular weight is 282 g/mol. The number of carbonyl (C=O) groups excluding carboxylic acids is 1. The van der Waals surface area contributed by atoms with Crippen LogP contribution in [-0.2, 0) is 0 Å². The molecule has 0 aliphatic rings. The lowest BCUT2D eigenvalue weighted by Gasteiger charge is -2.08. The molecule has 0 fully saturated rings. The molecule has 1 heterocycles. The van der Waals surface area contributed by atoms with Gasteiger partial charge in [0.1, 0.15) is 5.82 Å². The van der Waals surface area contributed by atoms with Crippen LogP contribution in [0.25, 0.3) is 0 Å². The highest BCUT2D eigenvalue weighted by Crippen LogP contribution is 2.22. The van der Waals surface area contributed by atoms with Crippen molar-refractivity contribution in [1.82, 2.24) is 4.98 Å². The van der Waals surface area contributed by atoms with Crippen molar-refractivity contribution >= 4 is 23.1 Å². The van der Waals surface area contributed by atoms with Gasteiger partial charge in [-0.05, 0) is 6.07 Å². The Balaban J connectivity index is 2.35. The molecule has 2 aromatic rings. The molecular formula is C12H9F3N4O. The summed E-state index contributed by atoms with van der Waals surface area (Å²) in [7, 11) is 0. The first kappa shape index (κ1) is 13.7. The van der Waals surface area contributed by atoms with E-state index in [1.54, 1.807) is 0 Å². The summed E-state index contributed by atoms with van der Waals surface area (Å²) in [5.74, 6) is -4.96. The molecule has 1 aromatic heterocycles. The molecule has 0 spiro atoms. The SMILES string of the molecule is NC(=O)c1cc(Nc2cc(F)c(F)c(F)c2)ncc1N. The summed E-state index contributed by atoms with van der Waals surface area (Å²) in [6, 6.07) is 2.72. The minimum absolute atomic E-state index is 0.00514. The van der Waals surface area contributed by atoms with Gasteiger partial charge in [0.25, 0.3) is 5.91 Å². The number of nitrogens with zero attached hydrogens (tertiary/aromatic N) is 1. The average Bonchev–Trinajstić information content (AvgIpc) is 2.38. The van der Waals surface area contributed by atoms with Gasteiger partial charge in [0.05, 0.1) is 17.4 Å². The second-order valence-corrected chi connectivity index (χ2v) is 3.90. The molecule has 2 rings (SSSR count). The molecule has 0 saturated carbocycles. The van der Waals surface area contributed by atoms with E-state index < -0.39 is 23.4 Å². The molecule has 0 bridgehead atoms. The zero-order valence-corrected chi connectivity index (χ0v) is 9.95. The fraction of sp³-hybridized carbons (Fsp3) is 0. The van der Waals surface area contributed by atoms with E-state index in [4.69, 9.17) is 11.5 Å². The van der Waals surface area contributed by atoms with Crippen molar-refractivity contribution in [2.24, 2.45) is 5.73 Å². The summed E-state index contributed by atoms with van der Waals surface area (Å²) in [5.41, 5.74) is 10.6. The van der Waals surface area contributed by atoms with Crippen molar-refractivity contribution < 1.29 is 18.0 Å². The normalized spacial score (nSPS) is 10.3. The largest absolute Gasteiger partial charge is 0.397 e. The Morgan fingerprint density at radius 2 is 1.75 bits per heavy atom. The van der Waals surface area contributed by atoms with Crippen LogP contribution in [0.4, 0.5) is 30.4 Å². The summed E-state index contributed by atoms with van der Waals surface area (Å²) in [6.45, 7) is 0. The summed E-state index contributed by atoms with van der Waals surface area (Å²) >= 11 is 0. The van der Waals surface area contributed by atoms with Crippen molar-refractivity contribution in [3.8, 4) is 0 Å². The molecule has 0 aliphatic heterocycles. The number of amides is 1. The van der Waals surface area contributed by atoms with Crippen LogP contribution in [0.5, 0.6) is 0 Å². The van der Waals surface area contributed by atoms with E-state index in [1.165, 1.54) is 12.3 Å². The van der Waals surface area contributed by atoms with Crippen molar-refractivity contribution in [1.29, 1.82) is 0 Å². The molecule has 0 saturated heterocycles. The number of benzene rings is 1. The Labute approximate surface area is 111 Å². The molecule has 0 unspecified atom stereocenters. The lowest BCUT2D eigenvalue weighted by molar-refractivity contribution is 0.100. The number of hydrogen-bond acceptors (Lipinski definition) is 4. The lowest BCUT2D eigenvalue weighted by Crippen LogP contribution is -2.14. The van der Waals surface area contributed by atoms with E-state index in [0.29, 0.717) is 0 Å². The van der Waals surface area contributed by atoms with Crippen LogP contribution in [0.1, 0.15) is 10.4 Å². The van der Waals surface area contributed by atoms with E-state index in [0.717, 1.165) is 12.1 Å². The fourth-order valence-corrected chi connectivity index (χ4v) is 1.52. The molecule has 1 amide bonds. The van der Waals surface area contributed by atoms with Gasteiger partial charge in [-0.3, -0.25) is 4.79 Å². The monoisotopic (exact) mass is 282 g/mol. The molecule has 5 nitrogen and oxygen atoms in total. The summed E-state index contributed by atoms with van der Waals surface area (Å²) < 4.78 is 38.9. The molecule has 8 heteroatoms. The number of primary amides is 1. The van der Waals surface area contributed by atoms with Crippen LogP contribution in [-0.4, -0.2) is 10.9 Å². The molecule has 104 valence electrons. The highest BCUT2D eigenvalue weighted by Gasteiger charge is 2.12. The van der Waals surface area contributed by atoms with Crippen LogP contribution in [0, 0.1) is 17.5 Å². The van der Waals surface area contributed by atoms with Gasteiger partial charge < -0.3 is 16.8 Å². The van der Waals surface area contributed by atoms with Crippen molar-refractivity contribution in [2.75, 3.05) is 11.1 Å². The van der Waals surface area contributed by atoms with Gasteiger partial charge >= 0.3 is 0 Å². The van der Waals surface area contributed by atoms with E-state index in [2.05, 4.69) is 10.3 Å². The Morgan fingerprint density at radius 3 is 2.30 bits per heavy atom. The van der Waals surface area contributed by atoms with E-state index in [9.17, 15) is 18.0 Å². The van der Waals surface area contributed by atoms with Crippen LogP contribution in [0.3, 0.4) is 0 Å². The third-order valence-corrected chi connectivity index (χ3v) is 2.46. The summed E-state index contributed by atoms with van der Waals surface area (Å²) in [5, 5.41) is 2.51. The maximum atomic E-state index is 13.0. The highest BCUT2D eigenvalue weighted by molar-refractivity contribution is 5.98. The number of halogens is 3. The van der Waals surface area contributed by atoms with Gasteiger partial charge in [-0.2, -0.15) is 0 Å². The van der Waals surface area contributed by atoms with E-state index >= 15 is 0 Å². The summed E-state index contributed by atoms with van der Waals surface area (Å²) in [4.78, 5) is 14.9. The van der Waals surface area contributed by atoms with Crippen LogP contribution >= 0.6 is 0 Å². The Kier molecular flexibility index (Phi) is 3.47. The van der Waals surface area contributed by atoms with Crippen molar-refractivity contribution in [3.63, 3.8) is 0 Å². The van der Waals surface area contributed by atoms with Gasteiger partial charge in [-0.15, -0.1) is 0 Å². The minimum atomic E-state index is -1.57. The van der Waals surface area contributed by atoms with Gasteiger partial charge in [0.15, 0.2) is 17.5 Å². The summed E-state index contributed by atoms with van der Waals surface area (Å²) in [6.07, 6.45) is 1.17. The fourth-order valence-electron chi connectivity index (χ4n) is 1.52. The number of rotatable bonds is 3. The minimum Gasteiger partial charge on any atom is -0.397 e. The number of carbonyl (C=O) groups is 1. The quantitative estimate of drug-likeness (QED) is 0.750. The second-order valence-electron chi connectivity index (χ2n) is 3.90. The Bertz CT molecular complexity index is 667. The Morgan fingerprint density at radius 1 is 1.15 bits per heavy atom. The zero-order valence-electron chi connectivity index (χ0n) is 9.95. The lowest BCUT2D eigenvalue weighted by atomic mass is 10.2. The number of pyridine rings is 1. The second kappa shape index (κ2) is 5.08. The number of hydrogen-bond donors (Lipinski definition) is 3. The standard InChI is InChI=1S/C12H9F3N4O/c13-7-1-5(2-8(14)11(7)15)19-10-3-6(12(17)20)9(16)4-18-10/h1-4H,16H2,(H2,17,20)(H,18,19). The first-order valence-electron chi connectivity index (χ1n) is 5.35. The molecule has 5 N–H and O–H groups in total. The Hall–Kier alpha value is -2.77. The van der Waals surface area contributed by atoms with Crippen molar-refractivity contribution in [2.45, 2.75) is 0 Å². The molecular weight excluding hydrogens is 273 g/mol. The maximum absolute atomic E-state index is 13.0. The zero-order chi connectivity index (χ0) is 14.9. The van der Waals surface area contributed by atoms with Gasteiger partial charge in [-0.1, -0.05) is 0 Å². The third-order valence-electron chi connectivity index (χ3n) is 2.46. The number of nitrogens with one attached hydrogen (secondary N) is 1. The predicted molar refractivity (Wildman–Crippen MR) is 66.8 cm³/mol. The molecule has 0 atom stereocenters. The predicted octanol–water partition coefficient (Wildman–Crippen LogP) is 1.92. The maximum Gasteiger partial charge on any atom is 0.250 e. The molecule has 0 radical (unpaired) electrons. The van der Waals surface area contributed by atoms with Crippen LogP contribution < -0.4 is 16.8 Å². The van der Waals surface area contributed by atoms with Gasteiger partial charge in [0, 0.05) is 17.8 Å².